The largest absolute Gasteiger partial charge is 0.398 e. The summed E-state index contributed by atoms with van der Waals surface area (Å²) in [5.41, 5.74) is 17.8. The van der Waals surface area contributed by atoms with Crippen LogP contribution in [0.4, 0.5) is 5.69 Å². The molecule has 1 aliphatic carbocycles. The Morgan fingerprint density at radius 1 is 0.761 bits per heavy atom. The van der Waals surface area contributed by atoms with Crippen molar-refractivity contribution in [2.45, 2.75) is 146 Å². The van der Waals surface area contributed by atoms with Gasteiger partial charge in [0.05, 0.1) is 0 Å². The quantitative estimate of drug-likeness (QED) is 0.160. The zero-order valence-corrected chi connectivity index (χ0v) is 32.1. The Bertz CT molecular complexity index is 1200. The summed E-state index contributed by atoms with van der Waals surface area (Å²) in [6, 6.07) is 19.9. The van der Waals surface area contributed by atoms with Gasteiger partial charge in [0, 0.05) is 12.2 Å². The van der Waals surface area contributed by atoms with Crippen molar-refractivity contribution < 1.29 is 0 Å². The van der Waals surface area contributed by atoms with E-state index in [-0.39, 0.29) is 0 Å². The lowest BCUT2D eigenvalue weighted by Crippen LogP contribution is -2.19. The maximum atomic E-state index is 6.06. The number of anilines is 1. The summed E-state index contributed by atoms with van der Waals surface area (Å²) >= 11 is 0. The van der Waals surface area contributed by atoms with Gasteiger partial charge in [-0.05, 0) is 116 Å². The third-order valence-electron chi connectivity index (χ3n) is 8.56. The highest BCUT2D eigenvalue weighted by atomic mass is 15.1. The molecule has 46 heavy (non-hydrogen) atoms. The second-order valence-corrected chi connectivity index (χ2v) is 12.2. The number of nitrogen functional groups attached to an aromatic ring is 1. The maximum Gasteiger partial charge on any atom is 0.0355 e. The first kappa shape index (κ1) is 43.2. The molecule has 0 atom stereocenters. The van der Waals surface area contributed by atoms with E-state index in [0.717, 1.165) is 36.6 Å². The predicted octanol–water partition coefficient (Wildman–Crippen LogP) is 13.1. The van der Waals surface area contributed by atoms with Crippen molar-refractivity contribution in [1.82, 2.24) is 4.90 Å². The third kappa shape index (κ3) is 16.1. The van der Waals surface area contributed by atoms with Crippen LogP contribution in [0.2, 0.25) is 0 Å². The summed E-state index contributed by atoms with van der Waals surface area (Å²) in [6.45, 7) is 27.3. The normalized spacial score (nSPS) is 11.7. The average molecular weight is 629 g/mol. The molecule has 2 N–H and O–H groups in total. The Labute approximate surface area is 286 Å². The van der Waals surface area contributed by atoms with Gasteiger partial charge < -0.3 is 10.6 Å². The fourth-order valence-electron chi connectivity index (χ4n) is 5.41. The minimum Gasteiger partial charge on any atom is -0.398 e. The molecule has 0 amide bonds. The van der Waals surface area contributed by atoms with Crippen LogP contribution in [0.3, 0.4) is 0 Å². The topological polar surface area (TPSA) is 29.3 Å². The second kappa shape index (κ2) is 26.3. The van der Waals surface area contributed by atoms with E-state index in [4.69, 9.17) is 5.73 Å². The molecule has 0 aliphatic heterocycles. The van der Waals surface area contributed by atoms with Crippen LogP contribution in [0, 0.1) is 13.8 Å². The Hall–Kier alpha value is -2.84. The van der Waals surface area contributed by atoms with Gasteiger partial charge in [-0.1, -0.05) is 149 Å². The van der Waals surface area contributed by atoms with Crippen LogP contribution in [-0.2, 0) is 19.4 Å². The number of benzene rings is 3. The van der Waals surface area contributed by atoms with Crippen molar-refractivity contribution in [1.29, 1.82) is 0 Å². The van der Waals surface area contributed by atoms with Gasteiger partial charge in [-0.25, -0.2) is 0 Å². The van der Waals surface area contributed by atoms with Gasteiger partial charge in [0.25, 0.3) is 0 Å². The Morgan fingerprint density at radius 2 is 1.39 bits per heavy atom. The van der Waals surface area contributed by atoms with Gasteiger partial charge in [-0.15, -0.1) is 0 Å². The molecule has 2 heteroatoms. The van der Waals surface area contributed by atoms with Crippen LogP contribution in [0.25, 0.3) is 6.08 Å². The highest BCUT2D eigenvalue weighted by Crippen LogP contribution is 2.37. The van der Waals surface area contributed by atoms with Crippen LogP contribution >= 0.6 is 0 Å². The van der Waals surface area contributed by atoms with Gasteiger partial charge in [0.15, 0.2) is 0 Å². The monoisotopic (exact) mass is 629 g/mol. The van der Waals surface area contributed by atoms with Gasteiger partial charge in [-0.3, -0.25) is 0 Å². The van der Waals surface area contributed by atoms with E-state index in [0.29, 0.717) is 0 Å². The predicted molar refractivity (Wildman–Crippen MR) is 211 cm³/mol. The molecule has 2 nitrogen and oxygen atoms in total. The summed E-state index contributed by atoms with van der Waals surface area (Å²) < 4.78 is 0. The lowest BCUT2D eigenvalue weighted by molar-refractivity contribution is 0.326. The molecule has 3 aromatic carbocycles. The number of rotatable bonds is 12. The number of nitrogens with two attached hydrogens (primary N) is 1. The zero-order chi connectivity index (χ0) is 34.9. The summed E-state index contributed by atoms with van der Waals surface area (Å²) in [5.74, 6) is 0.859. The van der Waals surface area contributed by atoms with Crippen molar-refractivity contribution in [3.05, 3.63) is 106 Å². The molecule has 1 aliphatic rings. The van der Waals surface area contributed by atoms with E-state index >= 15 is 0 Å². The summed E-state index contributed by atoms with van der Waals surface area (Å²) in [7, 11) is 2.22. The Kier molecular flexibility index (Phi) is 24.6. The van der Waals surface area contributed by atoms with E-state index in [2.05, 4.69) is 109 Å². The smallest absolute Gasteiger partial charge is 0.0355 e. The maximum absolute atomic E-state index is 6.06. The van der Waals surface area contributed by atoms with Crippen LogP contribution in [0.1, 0.15) is 157 Å². The van der Waals surface area contributed by atoms with Crippen molar-refractivity contribution in [3.8, 4) is 0 Å². The molecule has 0 saturated heterocycles. The SMILES string of the molecule is C=Cc1ccc(Cc2ccc(C)c(C)c2)c(N)c1.CC.CC.CCCCCC.CCCN(C)Cc1ccc(C2CCC2)cc1CC. The Morgan fingerprint density at radius 3 is 1.87 bits per heavy atom. The van der Waals surface area contributed by atoms with Crippen molar-refractivity contribution in [3.63, 3.8) is 0 Å². The molecule has 0 heterocycles. The molecular weight excluding hydrogens is 556 g/mol. The van der Waals surface area contributed by atoms with Crippen molar-refractivity contribution >= 4 is 11.8 Å². The first-order chi connectivity index (χ1) is 22.3. The summed E-state index contributed by atoms with van der Waals surface area (Å²) in [6.07, 6.45) is 14.9. The van der Waals surface area contributed by atoms with Crippen molar-refractivity contribution in [2.24, 2.45) is 0 Å². The Balaban J connectivity index is 0.000000687. The third-order valence-corrected chi connectivity index (χ3v) is 8.56. The minimum absolute atomic E-state index is 0.839. The fraction of sp³-hybridized carbons (Fsp3) is 0.545. The molecule has 3 aromatic rings. The van der Waals surface area contributed by atoms with Crippen LogP contribution in [-0.4, -0.2) is 18.5 Å². The standard InChI is InChI=1S/C17H19N.C17H27N.C6H14.2C2H6/c1-4-14-7-8-16(17(18)11-14)10-15-6-5-12(2)13(3)9-15;1-4-11-18(3)13-17-10-9-16(12-14(17)5-2)15-7-6-8-15;1-3-5-6-4-2;2*1-2/h4-9,11H,1,10,18H2,2-3H3;9-10,12,15H,4-8,11,13H2,1-3H3;3-6H2,1-2H3;2*1-2H3. The van der Waals surface area contributed by atoms with E-state index in [1.54, 1.807) is 11.1 Å². The number of nitrogens with zero attached hydrogens (tertiary/aromatic N) is 1. The number of unbranched alkanes of at least 4 members (excludes halogenated alkanes) is 3. The number of hydrogen-bond donors (Lipinski definition) is 1. The van der Waals surface area contributed by atoms with Gasteiger partial charge in [0.1, 0.15) is 0 Å². The van der Waals surface area contributed by atoms with Crippen LogP contribution in [0.5, 0.6) is 0 Å². The average Bonchev–Trinajstić information content (AvgIpc) is 3.05. The van der Waals surface area contributed by atoms with Gasteiger partial charge in [0.2, 0.25) is 0 Å². The molecule has 0 spiro atoms. The molecule has 0 radical (unpaired) electrons. The van der Waals surface area contributed by atoms with E-state index in [1.165, 1.54) is 85.7 Å². The van der Waals surface area contributed by atoms with Gasteiger partial charge >= 0.3 is 0 Å². The molecule has 0 bridgehead atoms. The molecule has 1 fully saturated rings. The van der Waals surface area contributed by atoms with Gasteiger partial charge in [-0.2, -0.15) is 0 Å². The molecular formula is C44H72N2. The van der Waals surface area contributed by atoms with E-state index in [9.17, 15) is 0 Å². The molecule has 1 saturated carbocycles. The van der Waals surface area contributed by atoms with Crippen LogP contribution in [0.15, 0.2) is 61.2 Å². The molecule has 4 rings (SSSR count). The van der Waals surface area contributed by atoms with Crippen LogP contribution < -0.4 is 5.73 Å². The lowest BCUT2D eigenvalue weighted by atomic mass is 9.79. The molecule has 258 valence electrons. The zero-order valence-electron chi connectivity index (χ0n) is 32.1. The summed E-state index contributed by atoms with van der Waals surface area (Å²) in [4.78, 5) is 2.43. The van der Waals surface area contributed by atoms with E-state index in [1.807, 2.05) is 39.8 Å². The highest BCUT2D eigenvalue weighted by molar-refractivity contribution is 5.59. The molecule has 0 unspecified atom stereocenters. The van der Waals surface area contributed by atoms with Crippen molar-refractivity contribution in [2.75, 3.05) is 19.3 Å². The first-order valence-corrected chi connectivity index (χ1v) is 18.6. The molecule has 0 aromatic heterocycles. The number of hydrogen-bond acceptors (Lipinski definition) is 2. The highest BCUT2D eigenvalue weighted by Gasteiger charge is 2.20. The fourth-order valence-corrected chi connectivity index (χ4v) is 5.41. The first-order valence-electron chi connectivity index (χ1n) is 18.6. The van der Waals surface area contributed by atoms with E-state index < -0.39 is 0 Å². The number of aryl methyl sites for hydroxylation is 3. The lowest BCUT2D eigenvalue weighted by Gasteiger charge is -2.27. The second-order valence-electron chi connectivity index (χ2n) is 12.2. The summed E-state index contributed by atoms with van der Waals surface area (Å²) in [5, 5.41) is 0. The minimum atomic E-state index is 0.839.